The Morgan fingerprint density at radius 1 is 1.29 bits per heavy atom. The van der Waals surface area contributed by atoms with Crippen LogP contribution >= 0.6 is 0 Å². The van der Waals surface area contributed by atoms with Gasteiger partial charge in [0, 0.05) is 6.42 Å². The van der Waals surface area contributed by atoms with Crippen molar-refractivity contribution in [3.05, 3.63) is 35.9 Å². The molecular formula is C12H15NO4. The van der Waals surface area contributed by atoms with Crippen LogP contribution in [0.25, 0.3) is 0 Å². The third kappa shape index (κ3) is 3.57. The van der Waals surface area contributed by atoms with Crippen molar-refractivity contribution in [2.24, 2.45) is 0 Å². The zero-order valence-electron chi connectivity index (χ0n) is 9.46. The van der Waals surface area contributed by atoms with Gasteiger partial charge in [-0.1, -0.05) is 37.3 Å². The van der Waals surface area contributed by atoms with E-state index in [9.17, 15) is 14.7 Å². The van der Waals surface area contributed by atoms with Gasteiger partial charge in [-0.25, -0.2) is 4.79 Å². The fourth-order valence-electron chi connectivity index (χ4n) is 1.39. The van der Waals surface area contributed by atoms with Crippen LogP contribution in [0.2, 0.25) is 0 Å². The summed E-state index contributed by atoms with van der Waals surface area (Å²) in [6.45, 7) is 1.61. The normalized spacial score (nSPS) is 13.8. The lowest BCUT2D eigenvalue weighted by Gasteiger charge is -2.20. The van der Waals surface area contributed by atoms with Crippen LogP contribution in [0.3, 0.4) is 0 Å². The number of aliphatic hydroxyl groups is 1. The molecule has 0 saturated carbocycles. The van der Waals surface area contributed by atoms with E-state index in [0.29, 0.717) is 5.56 Å². The molecule has 0 heterocycles. The van der Waals surface area contributed by atoms with Crippen LogP contribution in [0, 0.1) is 0 Å². The van der Waals surface area contributed by atoms with Crippen molar-refractivity contribution >= 4 is 11.9 Å². The molecule has 1 aromatic rings. The van der Waals surface area contributed by atoms with Gasteiger partial charge in [-0.2, -0.15) is 0 Å². The van der Waals surface area contributed by atoms with Crippen LogP contribution in [0.1, 0.15) is 25.0 Å². The first-order chi connectivity index (χ1) is 8.06. The summed E-state index contributed by atoms with van der Waals surface area (Å²) in [6, 6.07) is 7.04. The molecular weight excluding hydrogens is 222 g/mol. The van der Waals surface area contributed by atoms with Gasteiger partial charge in [-0.05, 0) is 5.56 Å². The number of hydrogen-bond donors (Lipinski definition) is 3. The molecule has 1 rings (SSSR count). The summed E-state index contributed by atoms with van der Waals surface area (Å²) in [5, 5.41) is 21.2. The predicted molar refractivity (Wildman–Crippen MR) is 61.3 cm³/mol. The summed E-state index contributed by atoms with van der Waals surface area (Å²) >= 11 is 0. The lowest BCUT2D eigenvalue weighted by Crippen LogP contribution is -2.44. The van der Waals surface area contributed by atoms with Crippen molar-refractivity contribution in [3.8, 4) is 0 Å². The monoisotopic (exact) mass is 237 g/mol. The fraction of sp³-hybridized carbons (Fsp3) is 0.333. The van der Waals surface area contributed by atoms with Crippen molar-refractivity contribution in [1.29, 1.82) is 0 Å². The average molecular weight is 237 g/mol. The molecule has 0 aromatic heterocycles. The molecule has 17 heavy (non-hydrogen) atoms. The average Bonchev–Trinajstić information content (AvgIpc) is 2.35. The number of benzene rings is 1. The summed E-state index contributed by atoms with van der Waals surface area (Å²) in [4.78, 5) is 22.2. The third-order valence-electron chi connectivity index (χ3n) is 2.36. The largest absolute Gasteiger partial charge is 0.480 e. The standard InChI is InChI=1S/C12H15NO4/c1-2-9(14)13-10(12(16)17)11(15)8-6-4-3-5-7-8/h3-7,10-11,15H,2H2,1H3,(H,13,14)(H,16,17)/t10-,11-/m1/s1. The van der Waals surface area contributed by atoms with Crippen molar-refractivity contribution < 1.29 is 19.8 Å². The number of amides is 1. The molecule has 0 aliphatic carbocycles. The van der Waals surface area contributed by atoms with Gasteiger partial charge >= 0.3 is 5.97 Å². The lowest BCUT2D eigenvalue weighted by atomic mass is 10.0. The summed E-state index contributed by atoms with van der Waals surface area (Å²) in [7, 11) is 0. The van der Waals surface area contributed by atoms with Crippen molar-refractivity contribution in [2.45, 2.75) is 25.5 Å². The van der Waals surface area contributed by atoms with E-state index >= 15 is 0 Å². The molecule has 2 atom stereocenters. The maximum Gasteiger partial charge on any atom is 0.329 e. The third-order valence-corrected chi connectivity index (χ3v) is 2.36. The number of nitrogens with one attached hydrogen (secondary N) is 1. The predicted octanol–water partition coefficient (Wildman–Crippen LogP) is 0.699. The summed E-state index contributed by atoms with van der Waals surface area (Å²) in [5.41, 5.74) is 0.455. The molecule has 0 bridgehead atoms. The number of rotatable bonds is 5. The van der Waals surface area contributed by atoms with Gasteiger partial charge in [0.05, 0.1) is 0 Å². The van der Waals surface area contributed by atoms with Crippen molar-refractivity contribution in [3.63, 3.8) is 0 Å². The number of carbonyl (C=O) groups excluding carboxylic acids is 1. The summed E-state index contributed by atoms with van der Waals surface area (Å²) < 4.78 is 0. The van der Waals surface area contributed by atoms with Gasteiger partial charge < -0.3 is 15.5 Å². The van der Waals surface area contributed by atoms with Gasteiger partial charge in [0.15, 0.2) is 6.04 Å². The fourth-order valence-corrected chi connectivity index (χ4v) is 1.39. The highest BCUT2D eigenvalue weighted by Crippen LogP contribution is 2.16. The Morgan fingerprint density at radius 3 is 2.35 bits per heavy atom. The number of carbonyl (C=O) groups is 2. The van der Waals surface area contributed by atoms with Gasteiger partial charge in [-0.15, -0.1) is 0 Å². The highest BCUT2D eigenvalue weighted by molar-refractivity contribution is 5.83. The highest BCUT2D eigenvalue weighted by Gasteiger charge is 2.28. The molecule has 0 spiro atoms. The van der Waals surface area contributed by atoms with Gasteiger partial charge in [0.25, 0.3) is 0 Å². The van der Waals surface area contributed by atoms with E-state index in [0.717, 1.165) is 0 Å². The van der Waals surface area contributed by atoms with E-state index in [1.54, 1.807) is 37.3 Å². The molecule has 5 heteroatoms. The quantitative estimate of drug-likeness (QED) is 0.703. The maximum absolute atomic E-state index is 11.2. The van der Waals surface area contributed by atoms with Crippen LogP contribution in [0.4, 0.5) is 0 Å². The Balaban J connectivity index is 2.84. The number of carboxylic acids is 1. The first-order valence-corrected chi connectivity index (χ1v) is 5.31. The first kappa shape index (κ1) is 13.2. The Hall–Kier alpha value is -1.88. The zero-order valence-corrected chi connectivity index (χ0v) is 9.46. The minimum Gasteiger partial charge on any atom is -0.480 e. The Bertz CT molecular complexity index is 391. The van der Waals surface area contributed by atoms with Crippen molar-refractivity contribution in [1.82, 2.24) is 5.32 Å². The van der Waals surface area contributed by atoms with E-state index < -0.39 is 24.0 Å². The van der Waals surface area contributed by atoms with E-state index in [1.165, 1.54) is 0 Å². The van der Waals surface area contributed by atoms with Crippen LogP contribution in [-0.4, -0.2) is 28.1 Å². The van der Waals surface area contributed by atoms with E-state index in [1.807, 2.05) is 0 Å². The molecule has 0 fully saturated rings. The van der Waals surface area contributed by atoms with Gasteiger partial charge in [0.1, 0.15) is 6.10 Å². The summed E-state index contributed by atoms with van der Waals surface area (Å²) in [6.07, 6.45) is -1.09. The number of carboxylic acid groups (broad SMARTS) is 1. The summed E-state index contributed by atoms with van der Waals surface area (Å²) in [5.74, 6) is -1.67. The first-order valence-electron chi connectivity index (χ1n) is 5.31. The Kier molecular flexibility index (Phi) is 4.66. The maximum atomic E-state index is 11.2. The lowest BCUT2D eigenvalue weighted by molar-refractivity contribution is -0.145. The molecule has 5 nitrogen and oxygen atoms in total. The van der Waals surface area contributed by atoms with E-state index in [4.69, 9.17) is 5.11 Å². The second-order valence-corrected chi connectivity index (χ2v) is 3.59. The van der Waals surface area contributed by atoms with Gasteiger partial charge in [-0.3, -0.25) is 4.79 Å². The molecule has 92 valence electrons. The molecule has 0 unspecified atom stereocenters. The molecule has 1 amide bonds. The molecule has 0 radical (unpaired) electrons. The molecule has 0 aliphatic heterocycles. The highest BCUT2D eigenvalue weighted by atomic mass is 16.4. The van der Waals surface area contributed by atoms with E-state index in [-0.39, 0.29) is 6.42 Å². The second-order valence-electron chi connectivity index (χ2n) is 3.59. The van der Waals surface area contributed by atoms with Crippen LogP contribution in [0.15, 0.2) is 30.3 Å². The minimum absolute atomic E-state index is 0.172. The Labute approximate surface area is 99.1 Å². The minimum atomic E-state index is -1.33. The molecule has 1 aromatic carbocycles. The smallest absolute Gasteiger partial charge is 0.329 e. The molecule has 0 saturated heterocycles. The number of aliphatic hydroxyl groups excluding tert-OH is 1. The second kappa shape index (κ2) is 6.00. The zero-order chi connectivity index (χ0) is 12.8. The molecule has 3 N–H and O–H groups in total. The van der Waals surface area contributed by atoms with Gasteiger partial charge in [0.2, 0.25) is 5.91 Å². The van der Waals surface area contributed by atoms with Crippen LogP contribution in [-0.2, 0) is 9.59 Å². The van der Waals surface area contributed by atoms with Crippen LogP contribution < -0.4 is 5.32 Å². The van der Waals surface area contributed by atoms with Crippen molar-refractivity contribution in [2.75, 3.05) is 0 Å². The molecule has 0 aliphatic rings. The number of hydrogen-bond acceptors (Lipinski definition) is 3. The topological polar surface area (TPSA) is 86.6 Å². The SMILES string of the molecule is CCC(=O)N[C@@H](C(=O)O)[C@H](O)c1ccccc1. The van der Waals surface area contributed by atoms with E-state index in [2.05, 4.69) is 5.32 Å². The Morgan fingerprint density at radius 2 is 1.88 bits per heavy atom. The number of aliphatic carboxylic acids is 1. The van der Waals surface area contributed by atoms with Crippen LogP contribution in [0.5, 0.6) is 0 Å².